The molecule has 0 fully saturated rings. The molecule has 2 aromatic rings. The Labute approximate surface area is 117 Å². The monoisotopic (exact) mass is 331 g/mol. The van der Waals surface area contributed by atoms with Crippen LogP contribution in [0.4, 0.5) is 5.69 Å². The van der Waals surface area contributed by atoms with Crippen molar-refractivity contribution < 1.29 is 5.11 Å². The molecule has 1 heterocycles. The summed E-state index contributed by atoms with van der Waals surface area (Å²) in [5, 5.41) is 12.2. The molecule has 0 saturated carbocycles. The van der Waals surface area contributed by atoms with Gasteiger partial charge in [0.2, 0.25) is 0 Å². The lowest BCUT2D eigenvalue weighted by Gasteiger charge is -2.05. The molecular formula is C12H11BrClNOS. The molecule has 2 N–H and O–H groups in total. The molecule has 0 radical (unpaired) electrons. The summed E-state index contributed by atoms with van der Waals surface area (Å²) in [5.41, 5.74) is 1.94. The van der Waals surface area contributed by atoms with Gasteiger partial charge in [-0.2, -0.15) is 0 Å². The molecule has 0 unspecified atom stereocenters. The van der Waals surface area contributed by atoms with E-state index in [4.69, 9.17) is 16.7 Å². The van der Waals surface area contributed by atoms with Crippen LogP contribution in [0.15, 0.2) is 34.8 Å². The number of hydrogen-bond donors (Lipinski definition) is 2. The van der Waals surface area contributed by atoms with Crippen LogP contribution >= 0.6 is 38.9 Å². The van der Waals surface area contributed by atoms with Gasteiger partial charge in [0.1, 0.15) is 4.34 Å². The predicted molar refractivity (Wildman–Crippen MR) is 76.7 cm³/mol. The largest absolute Gasteiger partial charge is 0.392 e. The van der Waals surface area contributed by atoms with Gasteiger partial charge in [-0.05, 0) is 39.7 Å². The molecule has 1 aromatic heterocycles. The molecule has 5 heteroatoms. The summed E-state index contributed by atoms with van der Waals surface area (Å²) in [4.78, 5) is 1.17. The van der Waals surface area contributed by atoms with Crippen molar-refractivity contribution in [1.29, 1.82) is 0 Å². The van der Waals surface area contributed by atoms with Gasteiger partial charge in [0, 0.05) is 21.6 Å². The molecular weight excluding hydrogens is 322 g/mol. The van der Waals surface area contributed by atoms with Gasteiger partial charge in [0.05, 0.1) is 6.61 Å². The van der Waals surface area contributed by atoms with Crippen molar-refractivity contribution in [2.75, 3.05) is 5.32 Å². The number of halogens is 2. The minimum atomic E-state index is 0.0771. The minimum Gasteiger partial charge on any atom is -0.392 e. The van der Waals surface area contributed by atoms with Crippen molar-refractivity contribution in [2.24, 2.45) is 0 Å². The molecule has 1 aromatic carbocycles. The summed E-state index contributed by atoms with van der Waals surface area (Å²) in [6.45, 7) is 0.822. The van der Waals surface area contributed by atoms with Crippen LogP contribution in [0.3, 0.4) is 0 Å². The molecule has 17 heavy (non-hydrogen) atoms. The van der Waals surface area contributed by atoms with Crippen molar-refractivity contribution >= 4 is 44.6 Å². The van der Waals surface area contributed by atoms with E-state index < -0.39 is 0 Å². The Kier molecular flexibility index (Phi) is 4.45. The number of aliphatic hydroxyl groups is 1. The maximum Gasteiger partial charge on any atom is 0.107 e. The number of hydrogen-bond acceptors (Lipinski definition) is 3. The number of thiophene rings is 1. The summed E-state index contributed by atoms with van der Waals surface area (Å²) < 4.78 is 1.72. The van der Waals surface area contributed by atoms with Gasteiger partial charge in [-0.25, -0.2) is 0 Å². The summed E-state index contributed by atoms with van der Waals surface area (Å²) in [7, 11) is 0. The highest BCUT2D eigenvalue weighted by molar-refractivity contribution is 9.10. The fourth-order valence-corrected chi connectivity index (χ4v) is 3.13. The maximum atomic E-state index is 8.93. The van der Waals surface area contributed by atoms with Crippen LogP contribution in [0.5, 0.6) is 0 Å². The Morgan fingerprint density at radius 3 is 2.53 bits per heavy atom. The third kappa shape index (κ3) is 3.45. The summed E-state index contributed by atoms with van der Waals surface area (Å²) in [5.74, 6) is 0. The number of benzene rings is 1. The van der Waals surface area contributed by atoms with Crippen LogP contribution in [0.2, 0.25) is 4.34 Å². The molecule has 0 bridgehead atoms. The number of nitrogens with one attached hydrogen (secondary N) is 1. The molecule has 0 atom stereocenters. The summed E-state index contributed by atoms with van der Waals surface area (Å²) in [6, 6.07) is 9.73. The Hall–Kier alpha value is -0.550. The normalized spacial score (nSPS) is 10.5. The second kappa shape index (κ2) is 5.87. The Morgan fingerprint density at radius 2 is 2.00 bits per heavy atom. The molecule has 2 nitrogen and oxygen atoms in total. The van der Waals surface area contributed by atoms with Crippen molar-refractivity contribution in [3.63, 3.8) is 0 Å². The van der Waals surface area contributed by atoms with E-state index in [0.717, 1.165) is 26.6 Å². The van der Waals surface area contributed by atoms with Gasteiger partial charge in [-0.3, -0.25) is 0 Å². The van der Waals surface area contributed by atoms with Crippen molar-refractivity contribution in [3.05, 3.63) is 49.6 Å². The van der Waals surface area contributed by atoms with E-state index in [1.54, 1.807) is 11.3 Å². The van der Waals surface area contributed by atoms with Crippen LogP contribution in [0.1, 0.15) is 10.4 Å². The third-order valence-corrected chi connectivity index (χ3v) is 4.77. The van der Waals surface area contributed by atoms with E-state index in [2.05, 4.69) is 21.2 Å². The zero-order valence-electron chi connectivity index (χ0n) is 8.91. The van der Waals surface area contributed by atoms with Gasteiger partial charge >= 0.3 is 0 Å². The van der Waals surface area contributed by atoms with Gasteiger partial charge in [-0.1, -0.05) is 23.7 Å². The van der Waals surface area contributed by atoms with Crippen LogP contribution in [0, 0.1) is 0 Å². The second-order valence-corrected chi connectivity index (χ2v) is 6.14. The maximum absolute atomic E-state index is 8.93. The zero-order valence-corrected chi connectivity index (χ0v) is 12.1. The van der Waals surface area contributed by atoms with Crippen LogP contribution in [-0.2, 0) is 13.2 Å². The fraction of sp³-hybridized carbons (Fsp3) is 0.167. The zero-order chi connectivity index (χ0) is 12.3. The smallest absolute Gasteiger partial charge is 0.107 e. The van der Waals surface area contributed by atoms with E-state index in [1.807, 2.05) is 30.3 Å². The Balaban J connectivity index is 1.97. The van der Waals surface area contributed by atoms with E-state index >= 15 is 0 Å². The van der Waals surface area contributed by atoms with Gasteiger partial charge in [0.25, 0.3) is 0 Å². The van der Waals surface area contributed by atoms with E-state index in [9.17, 15) is 0 Å². The van der Waals surface area contributed by atoms with E-state index in [0.29, 0.717) is 0 Å². The lowest BCUT2D eigenvalue weighted by atomic mass is 10.2. The van der Waals surface area contributed by atoms with Crippen LogP contribution < -0.4 is 5.32 Å². The fourth-order valence-electron chi connectivity index (χ4n) is 1.40. The topological polar surface area (TPSA) is 32.3 Å². The van der Waals surface area contributed by atoms with Gasteiger partial charge in [-0.15, -0.1) is 11.3 Å². The number of rotatable bonds is 4. The molecule has 0 saturated heterocycles. The van der Waals surface area contributed by atoms with E-state index in [-0.39, 0.29) is 6.61 Å². The molecule has 0 amide bonds. The average Bonchev–Trinajstić information content (AvgIpc) is 2.67. The molecule has 0 aliphatic heterocycles. The second-order valence-electron chi connectivity index (χ2n) is 3.54. The van der Waals surface area contributed by atoms with Crippen molar-refractivity contribution in [1.82, 2.24) is 0 Å². The molecule has 0 aliphatic carbocycles. The molecule has 0 aliphatic rings. The molecule has 0 spiro atoms. The first-order valence-corrected chi connectivity index (χ1v) is 7.05. The SMILES string of the molecule is OCc1ccc(NCc2cc(Br)c(Cl)s2)cc1. The first-order chi connectivity index (χ1) is 8.19. The first kappa shape index (κ1) is 12.9. The van der Waals surface area contributed by atoms with Gasteiger partial charge in [0.15, 0.2) is 0 Å². The lowest BCUT2D eigenvalue weighted by Crippen LogP contribution is -1.97. The van der Waals surface area contributed by atoms with Crippen molar-refractivity contribution in [3.8, 4) is 0 Å². The van der Waals surface area contributed by atoms with Crippen LogP contribution in [-0.4, -0.2) is 5.11 Å². The highest BCUT2D eigenvalue weighted by atomic mass is 79.9. The summed E-state index contributed by atoms with van der Waals surface area (Å²) >= 11 is 10.9. The third-order valence-electron chi connectivity index (χ3n) is 2.30. The van der Waals surface area contributed by atoms with Gasteiger partial charge < -0.3 is 10.4 Å². The summed E-state index contributed by atoms with van der Waals surface area (Å²) in [6.07, 6.45) is 0. The van der Waals surface area contributed by atoms with Crippen molar-refractivity contribution in [2.45, 2.75) is 13.2 Å². The Morgan fingerprint density at radius 1 is 1.29 bits per heavy atom. The minimum absolute atomic E-state index is 0.0771. The lowest BCUT2D eigenvalue weighted by molar-refractivity contribution is 0.282. The highest BCUT2D eigenvalue weighted by Gasteiger charge is 2.04. The molecule has 2 rings (SSSR count). The Bertz CT molecular complexity index is 478. The predicted octanol–water partition coefficient (Wildman–Crippen LogP) is 4.27. The quantitative estimate of drug-likeness (QED) is 0.876. The van der Waals surface area contributed by atoms with E-state index in [1.165, 1.54) is 4.88 Å². The number of anilines is 1. The average molecular weight is 333 g/mol. The standard InChI is InChI=1S/C12H11BrClNOS/c13-11-5-10(17-12(11)14)6-15-9-3-1-8(7-16)2-4-9/h1-5,15-16H,6-7H2. The highest BCUT2D eigenvalue weighted by Crippen LogP contribution is 2.32. The molecule has 90 valence electrons. The number of aliphatic hydroxyl groups excluding tert-OH is 1. The first-order valence-electron chi connectivity index (χ1n) is 5.06. The van der Waals surface area contributed by atoms with Crippen LogP contribution in [0.25, 0.3) is 0 Å².